The molecule has 0 amide bonds. The van der Waals surface area contributed by atoms with Crippen LogP contribution in [-0.4, -0.2) is 38.1 Å². The van der Waals surface area contributed by atoms with Crippen LogP contribution in [0, 0.1) is 6.92 Å². The van der Waals surface area contributed by atoms with Crippen molar-refractivity contribution in [3.63, 3.8) is 0 Å². The van der Waals surface area contributed by atoms with E-state index >= 15 is 0 Å². The van der Waals surface area contributed by atoms with Gasteiger partial charge in [0.1, 0.15) is 0 Å². The summed E-state index contributed by atoms with van der Waals surface area (Å²) in [5.41, 5.74) is 3.92. The van der Waals surface area contributed by atoms with Crippen LogP contribution in [0.5, 0.6) is 0 Å². The molecule has 0 bridgehead atoms. The Kier molecular flexibility index (Phi) is 4.52. The van der Waals surface area contributed by atoms with Crippen molar-refractivity contribution in [2.75, 3.05) is 32.1 Å². The number of piperidine rings is 1. The molecule has 1 unspecified atom stereocenters. The highest BCUT2D eigenvalue weighted by molar-refractivity contribution is 6.17. The van der Waals surface area contributed by atoms with E-state index in [1.165, 1.54) is 36.2 Å². The van der Waals surface area contributed by atoms with Crippen LogP contribution in [-0.2, 0) is 5.88 Å². The Morgan fingerprint density at radius 1 is 1.39 bits per heavy atom. The number of halogens is 1. The third-order valence-electron chi connectivity index (χ3n) is 3.88. The maximum Gasteiger partial charge on any atom is 0.0474 e. The molecule has 1 fully saturated rings. The molecule has 0 radical (unpaired) electrons. The van der Waals surface area contributed by atoms with Crippen LogP contribution >= 0.6 is 11.6 Å². The van der Waals surface area contributed by atoms with Gasteiger partial charge >= 0.3 is 0 Å². The average molecular weight is 267 g/mol. The van der Waals surface area contributed by atoms with Crippen LogP contribution in [0.4, 0.5) is 5.69 Å². The third kappa shape index (κ3) is 2.99. The molecule has 1 atom stereocenters. The highest BCUT2D eigenvalue weighted by Crippen LogP contribution is 2.26. The van der Waals surface area contributed by atoms with Gasteiger partial charge in [-0.15, -0.1) is 11.6 Å². The van der Waals surface area contributed by atoms with Crippen LogP contribution in [0.25, 0.3) is 0 Å². The quantitative estimate of drug-likeness (QED) is 0.775. The molecule has 0 aromatic heterocycles. The fraction of sp³-hybridized carbons (Fsp3) is 0.600. The SMILES string of the molecule is Cc1cc(CCl)ccc1N1CCCC(N(C)C)C1. The van der Waals surface area contributed by atoms with Gasteiger partial charge in [0.05, 0.1) is 0 Å². The first-order valence-electron chi connectivity index (χ1n) is 6.68. The second kappa shape index (κ2) is 5.94. The Bertz CT molecular complexity index is 403. The van der Waals surface area contributed by atoms with Gasteiger partial charge in [0.15, 0.2) is 0 Å². The van der Waals surface area contributed by atoms with Gasteiger partial charge in [-0.05, 0) is 51.1 Å². The summed E-state index contributed by atoms with van der Waals surface area (Å²) in [6, 6.07) is 7.26. The van der Waals surface area contributed by atoms with Crippen LogP contribution in [0.2, 0.25) is 0 Å². The fourth-order valence-electron chi connectivity index (χ4n) is 2.75. The summed E-state index contributed by atoms with van der Waals surface area (Å²) in [6.45, 7) is 4.49. The van der Waals surface area contributed by atoms with E-state index in [4.69, 9.17) is 11.6 Å². The molecule has 1 aromatic rings. The zero-order valence-electron chi connectivity index (χ0n) is 11.6. The lowest BCUT2D eigenvalue weighted by molar-refractivity contribution is 0.258. The van der Waals surface area contributed by atoms with E-state index in [1.807, 2.05) is 0 Å². The highest BCUT2D eigenvalue weighted by atomic mass is 35.5. The minimum Gasteiger partial charge on any atom is -0.370 e. The molecule has 0 saturated carbocycles. The van der Waals surface area contributed by atoms with Crippen molar-refractivity contribution >= 4 is 17.3 Å². The maximum absolute atomic E-state index is 5.88. The third-order valence-corrected chi connectivity index (χ3v) is 4.19. The molecular formula is C15H23ClN2. The molecule has 2 nitrogen and oxygen atoms in total. The average Bonchev–Trinajstić information content (AvgIpc) is 2.38. The molecule has 1 aliphatic heterocycles. The Morgan fingerprint density at radius 2 is 2.17 bits per heavy atom. The number of aryl methyl sites for hydroxylation is 1. The van der Waals surface area contributed by atoms with E-state index in [-0.39, 0.29) is 0 Å². The van der Waals surface area contributed by atoms with Crippen molar-refractivity contribution in [2.45, 2.75) is 31.7 Å². The first kappa shape index (κ1) is 13.7. The number of hydrogen-bond donors (Lipinski definition) is 0. The molecule has 18 heavy (non-hydrogen) atoms. The summed E-state index contributed by atoms with van der Waals surface area (Å²) in [7, 11) is 4.36. The summed E-state index contributed by atoms with van der Waals surface area (Å²) in [6.07, 6.45) is 2.59. The number of anilines is 1. The lowest BCUT2D eigenvalue weighted by Crippen LogP contribution is -2.45. The fourth-order valence-corrected chi connectivity index (χ4v) is 2.92. The molecule has 3 heteroatoms. The molecule has 2 rings (SSSR count). The first-order valence-corrected chi connectivity index (χ1v) is 7.22. The van der Waals surface area contributed by atoms with Crippen LogP contribution < -0.4 is 4.90 Å². The topological polar surface area (TPSA) is 6.48 Å². The second-order valence-corrected chi connectivity index (χ2v) is 5.73. The zero-order valence-corrected chi connectivity index (χ0v) is 12.4. The predicted molar refractivity (Wildman–Crippen MR) is 79.7 cm³/mol. The van der Waals surface area contributed by atoms with Crippen molar-refractivity contribution in [3.8, 4) is 0 Å². The highest BCUT2D eigenvalue weighted by Gasteiger charge is 2.22. The van der Waals surface area contributed by atoms with Crippen molar-refractivity contribution in [1.29, 1.82) is 0 Å². The Labute approximate surface area is 116 Å². The first-order chi connectivity index (χ1) is 8.61. The zero-order chi connectivity index (χ0) is 13.1. The van der Waals surface area contributed by atoms with Gasteiger partial charge in [-0.3, -0.25) is 0 Å². The van der Waals surface area contributed by atoms with Crippen LogP contribution in [0.15, 0.2) is 18.2 Å². The van der Waals surface area contributed by atoms with E-state index < -0.39 is 0 Å². The summed E-state index contributed by atoms with van der Waals surface area (Å²) in [5, 5.41) is 0. The molecule has 0 N–H and O–H groups in total. The lowest BCUT2D eigenvalue weighted by atomic mass is 10.0. The van der Waals surface area contributed by atoms with E-state index in [2.05, 4.69) is 49.0 Å². The lowest BCUT2D eigenvalue weighted by Gasteiger charge is -2.38. The Hall–Kier alpha value is -0.730. The summed E-state index contributed by atoms with van der Waals surface area (Å²) in [4.78, 5) is 4.86. The number of benzene rings is 1. The summed E-state index contributed by atoms with van der Waals surface area (Å²) < 4.78 is 0. The molecule has 100 valence electrons. The predicted octanol–water partition coefficient (Wildman–Crippen LogP) is 3.26. The van der Waals surface area contributed by atoms with Crippen molar-refractivity contribution in [2.24, 2.45) is 0 Å². The van der Waals surface area contributed by atoms with Crippen molar-refractivity contribution < 1.29 is 0 Å². The largest absolute Gasteiger partial charge is 0.370 e. The standard InChI is InChI=1S/C15H23ClN2/c1-12-9-13(10-16)6-7-15(12)18-8-4-5-14(11-18)17(2)3/h6-7,9,14H,4-5,8,10-11H2,1-3H3. The molecule has 1 aromatic carbocycles. The van der Waals surface area contributed by atoms with Gasteiger partial charge in [-0.25, -0.2) is 0 Å². The molecular weight excluding hydrogens is 244 g/mol. The second-order valence-electron chi connectivity index (χ2n) is 5.46. The van der Waals surface area contributed by atoms with Crippen LogP contribution in [0.1, 0.15) is 24.0 Å². The van der Waals surface area contributed by atoms with E-state index in [1.54, 1.807) is 0 Å². The van der Waals surface area contributed by atoms with Gasteiger partial charge < -0.3 is 9.80 Å². The number of alkyl halides is 1. The normalized spacial score (nSPS) is 20.5. The van der Waals surface area contributed by atoms with Crippen LogP contribution in [0.3, 0.4) is 0 Å². The minimum absolute atomic E-state index is 0.599. The molecule has 1 aliphatic rings. The number of likely N-dealkylation sites (N-methyl/N-ethyl adjacent to an activating group) is 1. The Balaban J connectivity index is 2.15. The van der Waals surface area contributed by atoms with Gasteiger partial charge in [-0.1, -0.05) is 12.1 Å². The minimum atomic E-state index is 0.599. The molecule has 0 aliphatic carbocycles. The van der Waals surface area contributed by atoms with Gasteiger partial charge in [0, 0.05) is 30.7 Å². The maximum atomic E-state index is 5.88. The summed E-state index contributed by atoms with van der Waals surface area (Å²) in [5.74, 6) is 0.599. The van der Waals surface area contributed by atoms with Crippen molar-refractivity contribution in [1.82, 2.24) is 4.90 Å². The molecule has 0 spiro atoms. The molecule has 1 saturated heterocycles. The van der Waals surface area contributed by atoms with Gasteiger partial charge in [0.25, 0.3) is 0 Å². The number of nitrogens with zero attached hydrogens (tertiary/aromatic N) is 2. The number of rotatable bonds is 3. The summed E-state index contributed by atoms with van der Waals surface area (Å²) >= 11 is 5.88. The van der Waals surface area contributed by atoms with Gasteiger partial charge in [-0.2, -0.15) is 0 Å². The monoisotopic (exact) mass is 266 g/mol. The Morgan fingerprint density at radius 3 is 2.78 bits per heavy atom. The number of hydrogen-bond acceptors (Lipinski definition) is 2. The van der Waals surface area contributed by atoms with Gasteiger partial charge in [0.2, 0.25) is 0 Å². The van der Waals surface area contributed by atoms with E-state index in [0.29, 0.717) is 11.9 Å². The van der Waals surface area contributed by atoms with E-state index in [0.717, 1.165) is 6.54 Å². The smallest absolute Gasteiger partial charge is 0.0474 e. The van der Waals surface area contributed by atoms with E-state index in [9.17, 15) is 0 Å². The van der Waals surface area contributed by atoms with Crippen molar-refractivity contribution in [3.05, 3.63) is 29.3 Å². The molecule has 1 heterocycles.